The van der Waals surface area contributed by atoms with Gasteiger partial charge in [0.15, 0.2) is 0 Å². The first-order chi connectivity index (χ1) is 21.3. The number of aryl methyl sites for hydroxylation is 2. The number of pyridine rings is 1. The Hall–Kier alpha value is -1.37. The minimum atomic E-state index is 1.22. The summed E-state index contributed by atoms with van der Waals surface area (Å²) < 4.78 is 0. The van der Waals surface area contributed by atoms with Crippen molar-refractivity contribution in [1.29, 1.82) is 0 Å². The Kier molecular flexibility index (Phi) is 29.5. The van der Waals surface area contributed by atoms with Gasteiger partial charge in [-0.1, -0.05) is 154 Å². The van der Waals surface area contributed by atoms with Crippen molar-refractivity contribution in [2.45, 2.75) is 213 Å². The second kappa shape index (κ2) is 32.0. The summed E-state index contributed by atoms with van der Waals surface area (Å²) in [5.41, 5.74) is 4.41. The Morgan fingerprint density at radius 1 is 0.442 bits per heavy atom. The normalized spacial score (nSPS) is 11.9. The molecular weight excluding hydrogens is 518 g/mol. The highest BCUT2D eigenvalue weighted by molar-refractivity contribution is 5.29. The third kappa shape index (κ3) is 25.6. The van der Waals surface area contributed by atoms with Gasteiger partial charge in [0.25, 0.3) is 0 Å². The van der Waals surface area contributed by atoms with Gasteiger partial charge in [-0.2, -0.15) is 0 Å². The molecule has 0 radical (unpaired) electrons. The highest BCUT2D eigenvalue weighted by Crippen LogP contribution is 2.20. The van der Waals surface area contributed by atoms with Crippen LogP contribution in [0.15, 0.2) is 36.6 Å². The Morgan fingerprint density at radius 3 is 1.21 bits per heavy atom. The largest absolute Gasteiger partial charge is 0.261 e. The van der Waals surface area contributed by atoms with Crippen molar-refractivity contribution in [1.82, 2.24) is 4.98 Å². The molecular formula is C42H75N. The van der Waals surface area contributed by atoms with E-state index in [1.165, 1.54) is 198 Å². The molecule has 1 heterocycles. The van der Waals surface area contributed by atoms with Crippen molar-refractivity contribution in [3.8, 4) is 0 Å². The predicted molar refractivity (Wildman–Crippen MR) is 195 cm³/mol. The third-order valence-corrected chi connectivity index (χ3v) is 9.26. The van der Waals surface area contributed by atoms with Crippen LogP contribution in [0.25, 0.3) is 0 Å². The minimum absolute atomic E-state index is 1.22. The van der Waals surface area contributed by atoms with Gasteiger partial charge in [-0.15, -0.1) is 0 Å². The molecule has 0 saturated carbocycles. The van der Waals surface area contributed by atoms with Gasteiger partial charge in [0, 0.05) is 11.9 Å². The lowest BCUT2D eigenvalue weighted by molar-refractivity contribution is 0.588. The summed E-state index contributed by atoms with van der Waals surface area (Å²) in [5, 5.41) is 0. The van der Waals surface area contributed by atoms with E-state index >= 15 is 0 Å². The van der Waals surface area contributed by atoms with E-state index < -0.39 is 0 Å². The van der Waals surface area contributed by atoms with E-state index in [-0.39, 0.29) is 0 Å². The molecule has 0 spiro atoms. The molecule has 0 aromatic carbocycles. The predicted octanol–water partition coefficient (Wildman–Crippen LogP) is 14.6. The Bertz CT molecular complexity index is 760. The monoisotopic (exact) mass is 594 g/mol. The molecule has 0 aliphatic heterocycles. The molecule has 0 unspecified atom stereocenters. The van der Waals surface area contributed by atoms with E-state index in [0.717, 1.165) is 0 Å². The zero-order valence-corrected chi connectivity index (χ0v) is 29.6. The maximum Gasteiger partial charge on any atom is 0.0407 e. The molecule has 1 nitrogen and oxygen atoms in total. The van der Waals surface area contributed by atoms with Crippen LogP contribution in [0.2, 0.25) is 0 Å². The molecule has 0 aliphatic rings. The van der Waals surface area contributed by atoms with Crippen LogP contribution in [0, 0.1) is 6.92 Å². The zero-order chi connectivity index (χ0) is 30.9. The first-order valence-electron chi connectivity index (χ1n) is 19.5. The van der Waals surface area contributed by atoms with E-state index in [4.69, 9.17) is 0 Å². The molecule has 0 atom stereocenters. The lowest BCUT2D eigenvalue weighted by Crippen LogP contribution is -2.00. The number of unbranched alkanes of at least 4 members (excludes halogenated alkanes) is 24. The zero-order valence-electron chi connectivity index (χ0n) is 29.6. The summed E-state index contributed by atoms with van der Waals surface area (Å²) >= 11 is 0. The van der Waals surface area contributed by atoms with Crippen LogP contribution in [0.3, 0.4) is 0 Å². The van der Waals surface area contributed by atoms with Crippen molar-refractivity contribution in [3.63, 3.8) is 0 Å². The van der Waals surface area contributed by atoms with Gasteiger partial charge in [0.1, 0.15) is 0 Å². The molecule has 248 valence electrons. The summed E-state index contributed by atoms with van der Waals surface area (Å²) in [4.78, 5) is 4.64. The van der Waals surface area contributed by atoms with Crippen LogP contribution in [0.4, 0.5) is 0 Å². The second-order valence-corrected chi connectivity index (χ2v) is 13.4. The van der Waals surface area contributed by atoms with Crippen molar-refractivity contribution >= 4 is 0 Å². The fourth-order valence-electron chi connectivity index (χ4n) is 6.34. The van der Waals surface area contributed by atoms with E-state index in [1.807, 2.05) is 6.20 Å². The van der Waals surface area contributed by atoms with Gasteiger partial charge in [0.2, 0.25) is 0 Å². The van der Waals surface area contributed by atoms with Gasteiger partial charge in [0.05, 0.1) is 0 Å². The lowest BCUT2D eigenvalue weighted by atomic mass is 9.95. The first-order valence-corrected chi connectivity index (χ1v) is 19.5. The smallest absolute Gasteiger partial charge is 0.0407 e. The molecule has 1 rings (SSSR count). The molecule has 1 aromatic rings. The average Bonchev–Trinajstić information content (AvgIpc) is 3.01. The van der Waals surface area contributed by atoms with Crippen LogP contribution in [-0.4, -0.2) is 4.98 Å². The molecule has 1 heteroatoms. The number of hydrogen-bond acceptors (Lipinski definition) is 1. The third-order valence-electron chi connectivity index (χ3n) is 9.26. The van der Waals surface area contributed by atoms with Crippen molar-refractivity contribution in [2.75, 3.05) is 0 Å². The van der Waals surface area contributed by atoms with Crippen molar-refractivity contribution in [3.05, 3.63) is 53.4 Å². The highest BCUT2D eigenvalue weighted by Gasteiger charge is 2.07. The Morgan fingerprint density at radius 2 is 0.791 bits per heavy atom. The molecule has 0 fully saturated rings. The number of nitrogens with zero attached hydrogens (tertiary/aromatic N) is 1. The van der Waals surface area contributed by atoms with Crippen molar-refractivity contribution in [2.24, 2.45) is 0 Å². The Balaban J connectivity index is 2.00. The van der Waals surface area contributed by atoms with E-state index in [2.05, 4.69) is 56.1 Å². The molecule has 0 N–H and O–H groups in total. The summed E-state index contributed by atoms with van der Waals surface area (Å²) in [5.74, 6) is 0. The van der Waals surface area contributed by atoms with Crippen LogP contribution in [0.5, 0.6) is 0 Å². The molecule has 0 amide bonds. The maximum atomic E-state index is 4.64. The number of hydrogen-bond donors (Lipinski definition) is 0. The molecule has 0 saturated heterocycles. The van der Waals surface area contributed by atoms with E-state index in [1.54, 1.807) is 11.1 Å². The summed E-state index contributed by atoms with van der Waals surface area (Å²) in [6.07, 6.45) is 52.8. The topological polar surface area (TPSA) is 12.9 Å². The van der Waals surface area contributed by atoms with E-state index in [0.29, 0.717) is 0 Å². The standard InChI is InChI=1S/C42H75N/c1-4-6-8-10-12-14-16-18-20-22-24-26-28-30-32-34-36-41-38-39-43-40(3)42(41)37-35-33-31-29-27-25-23-21-19-17-15-13-11-9-7-5-2/h18-21,38-39H,4-17,22-37H2,1-3H3/b20-18-,21-19-. The molecule has 0 aliphatic carbocycles. The van der Waals surface area contributed by atoms with Gasteiger partial charge >= 0.3 is 0 Å². The SMILES string of the molecule is CCCCCCCC/C=C\CCCCCCCCc1ccnc(C)c1CCCCCCCC/C=C\CCCCCCCC. The summed E-state index contributed by atoms with van der Waals surface area (Å²) in [6.45, 7) is 6.81. The molecule has 43 heavy (non-hydrogen) atoms. The van der Waals surface area contributed by atoms with E-state index in [9.17, 15) is 0 Å². The van der Waals surface area contributed by atoms with Crippen LogP contribution >= 0.6 is 0 Å². The average molecular weight is 594 g/mol. The minimum Gasteiger partial charge on any atom is -0.261 e. The maximum absolute atomic E-state index is 4.64. The van der Waals surface area contributed by atoms with Crippen molar-refractivity contribution < 1.29 is 0 Å². The number of rotatable bonds is 32. The second-order valence-electron chi connectivity index (χ2n) is 13.4. The summed E-state index contributed by atoms with van der Waals surface area (Å²) in [7, 11) is 0. The number of aromatic nitrogens is 1. The summed E-state index contributed by atoms with van der Waals surface area (Å²) in [6, 6.07) is 2.31. The first kappa shape index (κ1) is 39.7. The number of allylic oxidation sites excluding steroid dienone is 4. The van der Waals surface area contributed by atoms with Gasteiger partial charge in [-0.05, 0) is 101 Å². The quantitative estimate of drug-likeness (QED) is 0.0598. The Labute approximate surface area is 271 Å². The molecule has 1 aromatic heterocycles. The van der Waals surface area contributed by atoms with Gasteiger partial charge in [-0.25, -0.2) is 0 Å². The molecule has 0 bridgehead atoms. The van der Waals surface area contributed by atoms with Crippen LogP contribution in [-0.2, 0) is 12.8 Å². The lowest BCUT2D eigenvalue weighted by Gasteiger charge is -2.12. The van der Waals surface area contributed by atoms with Crippen LogP contribution < -0.4 is 0 Å². The highest BCUT2D eigenvalue weighted by atomic mass is 14.7. The van der Waals surface area contributed by atoms with Crippen LogP contribution in [0.1, 0.15) is 210 Å². The fraction of sp³-hybridized carbons (Fsp3) is 0.786. The van der Waals surface area contributed by atoms with Gasteiger partial charge < -0.3 is 0 Å². The van der Waals surface area contributed by atoms with Gasteiger partial charge in [-0.3, -0.25) is 4.98 Å². The fourth-order valence-corrected chi connectivity index (χ4v) is 6.34.